The molecule has 1 aliphatic carbocycles. The zero-order chi connectivity index (χ0) is 21.7. The summed E-state index contributed by atoms with van der Waals surface area (Å²) in [5, 5.41) is 9.90. The summed E-state index contributed by atoms with van der Waals surface area (Å²) < 4.78 is 16.8. The third kappa shape index (κ3) is 3.75. The highest BCUT2D eigenvalue weighted by Gasteiger charge is 2.45. The molecule has 4 heterocycles. The summed E-state index contributed by atoms with van der Waals surface area (Å²) in [5.41, 5.74) is 1.10. The number of aromatic nitrogens is 5. The number of rotatable bonds is 4. The van der Waals surface area contributed by atoms with Crippen molar-refractivity contribution in [3.8, 4) is 5.69 Å². The second kappa shape index (κ2) is 7.78. The van der Waals surface area contributed by atoms with Gasteiger partial charge in [0.1, 0.15) is 11.5 Å². The van der Waals surface area contributed by atoms with E-state index in [4.69, 9.17) is 11.6 Å². The standard InChI is InChI=1S/C23H25ClFN7/c24-18-2-3-19-17(12-18)13-30(15-23(25)6-7-23)14-20-28-29-21(32(19)20)16-4-10-31(11-5-16)22-26-8-1-9-27-22/h1-3,8-9,12,16H,4-7,10-11,13-15H2. The first-order valence-electron chi connectivity index (χ1n) is 11.2. The molecule has 1 saturated carbocycles. The number of hydrogen-bond acceptors (Lipinski definition) is 6. The minimum atomic E-state index is -1.05. The first kappa shape index (κ1) is 20.1. The molecule has 2 aliphatic heterocycles. The molecule has 3 aromatic rings. The summed E-state index contributed by atoms with van der Waals surface area (Å²) in [7, 11) is 0. The van der Waals surface area contributed by atoms with Gasteiger partial charge in [0.05, 0.1) is 12.2 Å². The Bertz CT molecular complexity index is 1120. The van der Waals surface area contributed by atoms with Gasteiger partial charge in [0.25, 0.3) is 0 Å². The lowest BCUT2D eigenvalue weighted by Gasteiger charge is -2.31. The molecule has 0 spiro atoms. The van der Waals surface area contributed by atoms with Crippen LogP contribution in [-0.2, 0) is 13.1 Å². The van der Waals surface area contributed by atoms with Crippen molar-refractivity contribution < 1.29 is 4.39 Å². The summed E-state index contributed by atoms with van der Waals surface area (Å²) in [6, 6.07) is 7.79. The van der Waals surface area contributed by atoms with Crippen molar-refractivity contribution >= 4 is 17.5 Å². The molecule has 1 aromatic carbocycles. The number of piperidine rings is 1. The van der Waals surface area contributed by atoms with E-state index in [1.54, 1.807) is 12.4 Å². The van der Waals surface area contributed by atoms with E-state index in [-0.39, 0.29) is 0 Å². The van der Waals surface area contributed by atoms with Crippen LogP contribution >= 0.6 is 11.6 Å². The van der Waals surface area contributed by atoms with E-state index >= 15 is 0 Å². The molecule has 2 fully saturated rings. The summed E-state index contributed by atoms with van der Waals surface area (Å²) >= 11 is 6.34. The smallest absolute Gasteiger partial charge is 0.225 e. The molecule has 1 saturated heterocycles. The summed E-state index contributed by atoms with van der Waals surface area (Å²) in [4.78, 5) is 13.1. The third-order valence-electron chi connectivity index (χ3n) is 6.79. The van der Waals surface area contributed by atoms with Crippen molar-refractivity contribution in [3.63, 3.8) is 0 Å². The highest BCUT2D eigenvalue weighted by Crippen LogP contribution is 2.42. The number of alkyl halides is 1. The van der Waals surface area contributed by atoms with E-state index in [2.05, 4.69) is 34.5 Å². The number of anilines is 1. The first-order valence-corrected chi connectivity index (χ1v) is 11.6. The average molecular weight is 454 g/mol. The molecule has 6 rings (SSSR count). The fourth-order valence-electron chi connectivity index (χ4n) is 4.95. The number of nitrogens with zero attached hydrogens (tertiary/aromatic N) is 7. The van der Waals surface area contributed by atoms with Crippen LogP contribution in [-0.4, -0.2) is 54.9 Å². The van der Waals surface area contributed by atoms with E-state index in [1.165, 1.54) is 0 Å². The summed E-state index contributed by atoms with van der Waals surface area (Å²) in [5.74, 6) is 2.93. The Kier molecular flexibility index (Phi) is 4.87. The Morgan fingerprint density at radius 2 is 1.84 bits per heavy atom. The van der Waals surface area contributed by atoms with Crippen molar-refractivity contribution in [1.82, 2.24) is 29.6 Å². The second-order valence-corrected chi connectivity index (χ2v) is 9.63. The maximum absolute atomic E-state index is 14.6. The molecule has 0 amide bonds. The molecule has 32 heavy (non-hydrogen) atoms. The maximum atomic E-state index is 14.6. The molecule has 166 valence electrons. The normalized spacial score (nSPS) is 20.5. The number of benzene rings is 1. The van der Waals surface area contributed by atoms with Crippen molar-refractivity contribution in [2.75, 3.05) is 24.5 Å². The molecule has 9 heteroatoms. The minimum absolute atomic E-state index is 0.294. The fourth-order valence-corrected chi connectivity index (χ4v) is 5.15. The Balaban J connectivity index is 1.30. The predicted octanol–water partition coefficient (Wildman–Crippen LogP) is 3.91. The molecule has 0 unspecified atom stereocenters. The molecule has 7 nitrogen and oxygen atoms in total. The van der Waals surface area contributed by atoms with Crippen LogP contribution in [0, 0.1) is 0 Å². The maximum Gasteiger partial charge on any atom is 0.225 e. The Morgan fingerprint density at radius 1 is 1.06 bits per heavy atom. The molecule has 0 atom stereocenters. The highest BCUT2D eigenvalue weighted by atomic mass is 35.5. The third-order valence-corrected chi connectivity index (χ3v) is 7.03. The van der Waals surface area contributed by atoms with Crippen LogP contribution in [0.15, 0.2) is 36.7 Å². The zero-order valence-electron chi connectivity index (χ0n) is 17.8. The molecular formula is C23H25ClFN7. The minimum Gasteiger partial charge on any atom is -0.341 e. The van der Waals surface area contributed by atoms with Gasteiger partial charge in [-0.15, -0.1) is 10.2 Å². The van der Waals surface area contributed by atoms with Gasteiger partial charge in [-0.1, -0.05) is 11.6 Å². The largest absolute Gasteiger partial charge is 0.341 e. The van der Waals surface area contributed by atoms with Crippen LogP contribution in [0.25, 0.3) is 5.69 Å². The zero-order valence-corrected chi connectivity index (χ0v) is 18.5. The van der Waals surface area contributed by atoms with Gasteiger partial charge >= 0.3 is 0 Å². The average Bonchev–Trinajstić information content (AvgIpc) is 3.43. The Morgan fingerprint density at radius 3 is 2.59 bits per heavy atom. The van der Waals surface area contributed by atoms with Crippen molar-refractivity contribution in [2.45, 2.75) is 50.4 Å². The van der Waals surface area contributed by atoms with Crippen LogP contribution in [0.4, 0.5) is 10.3 Å². The lowest BCUT2D eigenvalue weighted by molar-refractivity contribution is 0.162. The van der Waals surface area contributed by atoms with Gasteiger partial charge < -0.3 is 4.90 Å². The Hall–Kier alpha value is -2.58. The van der Waals surface area contributed by atoms with Crippen molar-refractivity contribution in [1.29, 1.82) is 0 Å². The van der Waals surface area contributed by atoms with Gasteiger partial charge in [-0.2, -0.15) is 0 Å². The number of halogens is 2. The molecule has 3 aliphatic rings. The van der Waals surface area contributed by atoms with Crippen molar-refractivity contribution in [3.05, 3.63) is 58.9 Å². The van der Waals surface area contributed by atoms with Crippen LogP contribution < -0.4 is 4.90 Å². The highest BCUT2D eigenvalue weighted by molar-refractivity contribution is 6.30. The van der Waals surface area contributed by atoms with Crippen LogP contribution in [0.2, 0.25) is 5.02 Å². The van der Waals surface area contributed by atoms with E-state index in [9.17, 15) is 4.39 Å². The number of hydrogen-bond donors (Lipinski definition) is 0. The number of fused-ring (bicyclic) bond motifs is 3. The van der Waals surface area contributed by atoms with Gasteiger partial charge in [0.15, 0.2) is 5.82 Å². The van der Waals surface area contributed by atoms with Gasteiger partial charge in [-0.3, -0.25) is 9.47 Å². The molecule has 0 bridgehead atoms. The summed E-state index contributed by atoms with van der Waals surface area (Å²) in [6.07, 6.45) is 6.77. The first-order chi connectivity index (χ1) is 15.6. The van der Waals surface area contributed by atoms with Crippen LogP contribution in [0.1, 0.15) is 48.8 Å². The molecule has 0 N–H and O–H groups in total. The Labute approximate surface area is 191 Å². The SMILES string of the molecule is FC1(CN2Cc3cc(Cl)ccc3-n3c(nnc3C3CCN(c4ncccn4)CC3)C2)CC1. The van der Waals surface area contributed by atoms with Crippen LogP contribution in [0.5, 0.6) is 0 Å². The summed E-state index contributed by atoms with van der Waals surface area (Å²) in [6.45, 7) is 3.42. The van der Waals surface area contributed by atoms with Gasteiger partial charge in [-0.25, -0.2) is 14.4 Å². The van der Waals surface area contributed by atoms with Gasteiger partial charge in [0, 0.05) is 49.5 Å². The fraction of sp³-hybridized carbons (Fsp3) is 0.478. The second-order valence-electron chi connectivity index (χ2n) is 9.19. The molecule has 0 radical (unpaired) electrons. The monoisotopic (exact) mass is 453 g/mol. The van der Waals surface area contributed by atoms with E-state index in [1.807, 2.05) is 24.3 Å². The lowest BCUT2D eigenvalue weighted by atomic mass is 9.95. The lowest BCUT2D eigenvalue weighted by Crippen LogP contribution is -2.34. The van der Waals surface area contributed by atoms with E-state index < -0.39 is 5.67 Å². The van der Waals surface area contributed by atoms with E-state index in [0.717, 1.165) is 54.8 Å². The molecule has 2 aromatic heterocycles. The topological polar surface area (TPSA) is 63.0 Å². The molecular weight excluding hydrogens is 429 g/mol. The van der Waals surface area contributed by atoms with Gasteiger partial charge in [0.2, 0.25) is 5.95 Å². The quantitative estimate of drug-likeness (QED) is 0.596. The predicted molar refractivity (Wildman–Crippen MR) is 120 cm³/mol. The van der Waals surface area contributed by atoms with Crippen molar-refractivity contribution in [2.24, 2.45) is 0 Å². The van der Waals surface area contributed by atoms with Crippen LogP contribution in [0.3, 0.4) is 0 Å². The van der Waals surface area contributed by atoms with Gasteiger partial charge in [-0.05, 0) is 55.5 Å². The van der Waals surface area contributed by atoms with E-state index in [0.29, 0.717) is 43.4 Å².